The van der Waals surface area contributed by atoms with Gasteiger partial charge in [0, 0.05) is 6.04 Å². The number of rotatable bonds is 4. The fourth-order valence-electron chi connectivity index (χ4n) is 2.29. The van der Waals surface area contributed by atoms with Gasteiger partial charge in [-0.2, -0.15) is 0 Å². The fraction of sp³-hybridized carbons (Fsp3) is 0.533. The van der Waals surface area contributed by atoms with Crippen LogP contribution < -0.4 is 10.1 Å². The van der Waals surface area contributed by atoms with Crippen molar-refractivity contribution in [2.75, 3.05) is 20.1 Å². The zero-order valence-electron chi connectivity index (χ0n) is 12.2. The van der Waals surface area contributed by atoms with Gasteiger partial charge in [0.15, 0.2) is 6.10 Å². The first-order valence-corrected chi connectivity index (χ1v) is 7.44. The molecule has 1 N–H and O–H groups in total. The Balaban J connectivity index is 1.87. The second-order valence-corrected chi connectivity index (χ2v) is 5.83. The van der Waals surface area contributed by atoms with Crippen LogP contribution in [0.15, 0.2) is 18.2 Å². The van der Waals surface area contributed by atoms with Gasteiger partial charge < -0.3 is 15.0 Å². The van der Waals surface area contributed by atoms with Gasteiger partial charge in [0.1, 0.15) is 11.6 Å². The molecule has 2 rings (SSSR count). The quantitative estimate of drug-likeness (QED) is 0.928. The summed E-state index contributed by atoms with van der Waals surface area (Å²) in [5.74, 6) is -0.301. The number of benzene rings is 1. The topological polar surface area (TPSA) is 41.6 Å². The third-order valence-corrected chi connectivity index (χ3v) is 3.93. The van der Waals surface area contributed by atoms with Crippen LogP contribution >= 0.6 is 11.6 Å². The number of ether oxygens (including phenoxy) is 1. The van der Waals surface area contributed by atoms with Gasteiger partial charge in [-0.25, -0.2) is 4.39 Å². The van der Waals surface area contributed by atoms with Crippen molar-refractivity contribution in [1.82, 2.24) is 10.2 Å². The van der Waals surface area contributed by atoms with E-state index in [9.17, 15) is 9.18 Å². The number of carbonyl (C=O) groups is 1. The molecule has 0 saturated carbocycles. The molecule has 1 heterocycles. The van der Waals surface area contributed by atoms with E-state index in [1.807, 2.05) is 0 Å². The highest BCUT2D eigenvalue weighted by atomic mass is 35.5. The minimum atomic E-state index is -0.674. The lowest BCUT2D eigenvalue weighted by Gasteiger charge is -2.30. The predicted octanol–water partition coefficient (Wildman–Crippen LogP) is 2.46. The third kappa shape index (κ3) is 4.58. The Kier molecular flexibility index (Phi) is 5.42. The van der Waals surface area contributed by atoms with Gasteiger partial charge in [0.05, 0.1) is 5.02 Å². The fourth-order valence-corrected chi connectivity index (χ4v) is 2.50. The van der Waals surface area contributed by atoms with Crippen molar-refractivity contribution in [3.8, 4) is 5.75 Å². The average molecular weight is 315 g/mol. The Morgan fingerprint density at radius 2 is 2.14 bits per heavy atom. The van der Waals surface area contributed by atoms with Gasteiger partial charge in [0.25, 0.3) is 5.91 Å². The molecular formula is C15H20ClFN2O2. The van der Waals surface area contributed by atoms with Crippen molar-refractivity contribution in [3.05, 3.63) is 29.0 Å². The number of hydrogen-bond donors (Lipinski definition) is 1. The first kappa shape index (κ1) is 16.0. The smallest absolute Gasteiger partial charge is 0.260 e. The van der Waals surface area contributed by atoms with E-state index in [-0.39, 0.29) is 17.0 Å². The van der Waals surface area contributed by atoms with E-state index in [1.165, 1.54) is 18.2 Å². The molecule has 0 aliphatic carbocycles. The summed E-state index contributed by atoms with van der Waals surface area (Å²) >= 11 is 5.88. The van der Waals surface area contributed by atoms with Crippen LogP contribution in [0.1, 0.15) is 19.8 Å². The maximum absolute atomic E-state index is 13.0. The molecule has 1 aromatic rings. The van der Waals surface area contributed by atoms with Crippen molar-refractivity contribution in [1.29, 1.82) is 0 Å². The van der Waals surface area contributed by atoms with Gasteiger partial charge >= 0.3 is 0 Å². The maximum Gasteiger partial charge on any atom is 0.260 e. The Bertz CT molecular complexity index is 504. The minimum Gasteiger partial charge on any atom is -0.479 e. The maximum atomic E-state index is 13.0. The molecule has 4 nitrogen and oxygen atoms in total. The molecule has 1 saturated heterocycles. The molecule has 1 amide bonds. The van der Waals surface area contributed by atoms with E-state index in [0.717, 1.165) is 25.9 Å². The van der Waals surface area contributed by atoms with E-state index in [1.54, 1.807) is 6.92 Å². The summed E-state index contributed by atoms with van der Waals surface area (Å²) < 4.78 is 18.5. The molecule has 0 spiro atoms. The number of nitrogens with one attached hydrogen (secondary N) is 1. The van der Waals surface area contributed by atoms with Crippen molar-refractivity contribution in [2.24, 2.45) is 0 Å². The Hall–Kier alpha value is -1.33. The summed E-state index contributed by atoms with van der Waals surface area (Å²) in [6.45, 7) is 3.61. The highest BCUT2D eigenvalue weighted by Gasteiger charge is 2.22. The van der Waals surface area contributed by atoms with Gasteiger partial charge in [-0.1, -0.05) is 11.6 Å². The summed E-state index contributed by atoms with van der Waals surface area (Å²) in [6, 6.07) is 4.03. The summed E-state index contributed by atoms with van der Waals surface area (Å²) in [5, 5.41) is 3.14. The van der Waals surface area contributed by atoms with Crippen LogP contribution in [0, 0.1) is 5.82 Å². The van der Waals surface area contributed by atoms with Crippen molar-refractivity contribution in [3.63, 3.8) is 0 Å². The van der Waals surface area contributed by atoms with Gasteiger partial charge in [-0.15, -0.1) is 0 Å². The molecule has 116 valence electrons. The minimum absolute atomic E-state index is 0.161. The zero-order chi connectivity index (χ0) is 15.4. The largest absolute Gasteiger partial charge is 0.479 e. The molecule has 1 aliphatic rings. The summed E-state index contributed by atoms with van der Waals surface area (Å²) in [7, 11) is 2.07. The molecule has 1 aliphatic heterocycles. The van der Waals surface area contributed by atoms with E-state index in [2.05, 4.69) is 17.3 Å². The molecule has 1 atom stereocenters. The SMILES string of the molecule is C[C@@H](Oc1ccc(F)cc1Cl)C(=O)NC1CCN(C)CC1. The molecule has 1 fully saturated rings. The molecule has 6 heteroatoms. The lowest BCUT2D eigenvalue weighted by molar-refractivity contribution is -0.128. The Morgan fingerprint density at radius 3 is 2.76 bits per heavy atom. The van der Waals surface area contributed by atoms with Crippen LogP contribution in [0.2, 0.25) is 5.02 Å². The molecule has 0 unspecified atom stereocenters. The number of likely N-dealkylation sites (tertiary alicyclic amines) is 1. The Labute approximate surface area is 129 Å². The zero-order valence-corrected chi connectivity index (χ0v) is 13.0. The normalized spacial score (nSPS) is 18.3. The number of nitrogens with zero attached hydrogens (tertiary/aromatic N) is 1. The van der Waals surface area contributed by atoms with Gasteiger partial charge in [0.2, 0.25) is 0 Å². The van der Waals surface area contributed by atoms with E-state index in [0.29, 0.717) is 5.75 Å². The first-order chi connectivity index (χ1) is 9.95. The molecule has 1 aromatic carbocycles. The lowest BCUT2D eigenvalue weighted by atomic mass is 10.1. The number of amides is 1. The van der Waals surface area contributed by atoms with Gasteiger partial charge in [-0.05, 0) is 58.1 Å². The van der Waals surface area contributed by atoms with Crippen molar-refractivity contribution < 1.29 is 13.9 Å². The summed E-state index contributed by atoms with van der Waals surface area (Å²) in [4.78, 5) is 14.3. The third-order valence-electron chi connectivity index (χ3n) is 3.63. The lowest BCUT2D eigenvalue weighted by Crippen LogP contribution is -2.47. The summed E-state index contributed by atoms with van der Waals surface area (Å²) in [6.07, 6.45) is 1.20. The predicted molar refractivity (Wildman–Crippen MR) is 80.2 cm³/mol. The molecule has 0 aromatic heterocycles. The Morgan fingerprint density at radius 1 is 1.48 bits per heavy atom. The molecule has 0 radical (unpaired) electrons. The first-order valence-electron chi connectivity index (χ1n) is 7.06. The van der Waals surface area contributed by atoms with Crippen molar-refractivity contribution in [2.45, 2.75) is 31.9 Å². The van der Waals surface area contributed by atoms with Crippen molar-refractivity contribution >= 4 is 17.5 Å². The second-order valence-electron chi connectivity index (χ2n) is 5.42. The summed E-state index contributed by atoms with van der Waals surface area (Å²) in [5.41, 5.74) is 0. The molecule has 21 heavy (non-hydrogen) atoms. The molecular weight excluding hydrogens is 295 g/mol. The monoisotopic (exact) mass is 314 g/mol. The van der Waals surface area contributed by atoms with Gasteiger partial charge in [-0.3, -0.25) is 4.79 Å². The van der Waals surface area contributed by atoms with Crippen LogP contribution in [-0.4, -0.2) is 43.1 Å². The second kappa shape index (κ2) is 7.09. The van der Waals surface area contributed by atoms with Crippen LogP contribution in [0.5, 0.6) is 5.75 Å². The highest BCUT2D eigenvalue weighted by molar-refractivity contribution is 6.32. The van der Waals surface area contributed by atoms with Crippen LogP contribution in [0.4, 0.5) is 4.39 Å². The van der Waals surface area contributed by atoms with E-state index in [4.69, 9.17) is 16.3 Å². The van der Waals surface area contributed by atoms with Crippen LogP contribution in [0.25, 0.3) is 0 Å². The number of hydrogen-bond acceptors (Lipinski definition) is 3. The molecule has 0 bridgehead atoms. The van der Waals surface area contributed by atoms with E-state index >= 15 is 0 Å². The number of halogens is 2. The average Bonchev–Trinajstić information content (AvgIpc) is 2.44. The van der Waals surface area contributed by atoms with Crippen LogP contribution in [0.3, 0.4) is 0 Å². The highest BCUT2D eigenvalue weighted by Crippen LogP contribution is 2.25. The number of piperidine rings is 1. The number of carbonyl (C=O) groups excluding carboxylic acids is 1. The standard InChI is InChI=1S/C15H20ClFN2O2/c1-10(21-14-4-3-11(17)9-13(14)16)15(20)18-12-5-7-19(2)8-6-12/h3-4,9-10,12H,5-8H2,1-2H3,(H,18,20)/t10-/m1/s1. The van der Waals surface area contributed by atoms with E-state index < -0.39 is 11.9 Å². The van der Waals surface area contributed by atoms with Crippen LogP contribution in [-0.2, 0) is 4.79 Å².